The highest BCUT2D eigenvalue weighted by Gasteiger charge is 2.39. The molecule has 2 aliphatic carbocycles. The average molecular weight is 871 g/mol. The van der Waals surface area contributed by atoms with Crippen molar-refractivity contribution >= 4 is 38.9 Å². The molecule has 2 aliphatic rings. The van der Waals surface area contributed by atoms with Gasteiger partial charge in [0, 0.05) is 44.4 Å². The second-order valence-corrected chi connectivity index (χ2v) is 19.7. The summed E-state index contributed by atoms with van der Waals surface area (Å²) >= 11 is 0. The Morgan fingerprint density at radius 3 is 1.41 bits per heavy atom. The van der Waals surface area contributed by atoms with Gasteiger partial charge in [-0.25, -0.2) is 0 Å². The molecule has 0 atom stereocenters. The van der Waals surface area contributed by atoms with Gasteiger partial charge in [-0.3, -0.25) is 0 Å². The number of nitrogens with zero attached hydrogens (tertiary/aromatic N) is 2. The number of anilines is 3. The lowest BCUT2D eigenvalue weighted by Gasteiger charge is -2.30. The van der Waals surface area contributed by atoms with Crippen LogP contribution in [0.25, 0.3) is 83.1 Å². The largest absolute Gasteiger partial charge is 0.310 e. The van der Waals surface area contributed by atoms with Gasteiger partial charge in [0.2, 0.25) is 0 Å². The van der Waals surface area contributed by atoms with Crippen molar-refractivity contribution in [3.63, 3.8) is 0 Å². The predicted molar refractivity (Wildman–Crippen MR) is 287 cm³/mol. The van der Waals surface area contributed by atoms with E-state index in [2.05, 4.69) is 268 Å². The summed E-state index contributed by atoms with van der Waals surface area (Å²) in [5.74, 6) is 0. The highest BCUT2D eigenvalue weighted by Crippen LogP contribution is 2.55. The van der Waals surface area contributed by atoms with Gasteiger partial charge in [0.1, 0.15) is 0 Å². The van der Waals surface area contributed by atoms with Crippen molar-refractivity contribution in [2.45, 2.75) is 38.5 Å². The highest BCUT2D eigenvalue weighted by atomic mass is 15.1. The minimum absolute atomic E-state index is 0.125. The third-order valence-corrected chi connectivity index (χ3v) is 15.2. The van der Waals surface area contributed by atoms with Crippen LogP contribution < -0.4 is 4.90 Å². The van der Waals surface area contributed by atoms with Gasteiger partial charge < -0.3 is 9.47 Å². The van der Waals surface area contributed by atoms with Crippen LogP contribution in [-0.4, -0.2) is 4.57 Å². The molecule has 0 aliphatic heterocycles. The van der Waals surface area contributed by atoms with Crippen LogP contribution in [0, 0.1) is 0 Å². The number of rotatable bonds is 7. The Bertz CT molecular complexity index is 3700. The first-order valence-electron chi connectivity index (χ1n) is 23.9. The molecule has 13 rings (SSSR count). The van der Waals surface area contributed by atoms with Gasteiger partial charge in [-0.1, -0.05) is 198 Å². The van der Waals surface area contributed by atoms with Gasteiger partial charge in [0.15, 0.2) is 0 Å². The van der Waals surface area contributed by atoms with Crippen molar-refractivity contribution < 1.29 is 0 Å². The molecule has 1 heterocycles. The summed E-state index contributed by atoms with van der Waals surface area (Å²) in [6.07, 6.45) is 0. The van der Waals surface area contributed by atoms with Gasteiger partial charge in [0.25, 0.3) is 0 Å². The number of benzene rings is 10. The lowest BCUT2D eigenvalue weighted by atomic mass is 9.81. The number of hydrogen-bond acceptors (Lipinski definition) is 1. The van der Waals surface area contributed by atoms with E-state index in [4.69, 9.17) is 0 Å². The number of aromatic nitrogens is 1. The van der Waals surface area contributed by atoms with Crippen LogP contribution >= 0.6 is 0 Å². The van der Waals surface area contributed by atoms with Crippen LogP contribution in [0.5, 0.6) is 0 Å². The van der Waals surface area contributed by atoms with Crippen molar-refractivity contribution in [3.05, 3.63) is 253 Å². The maximum atomic E-state index is 2.47. The molecule has 324 valence electrons. The topological polar surface area (TPSA) is 8.17 Å². The Morgan fingerprint density at radius 2 is 0.750 bits per heavy atom. The first-order chi connectivity index (χ1) is 33.2. The van der Waals surface area contributed by atoms with Gasteiger partial charge >= 0.3 is 0 Å². The summed E-state index contributed by atoms with van der Waals surface area (Å²) in [6, 6.07) is 85.5. The molecule has 10 aromatic carbocycles. The Labute approximate surface area is 399 Å². The van der Waals surface area contributed by atoms with Gasteiger partial charge in [-0.15, -0.1) is 0 Å². The second-order valence-electron chi connectivity index (χ2n) is 19.7. The lowest BCUT2D eigenvalue weighted by molar-refractivity contribution is 0.660. The molecule has 68 heavy (non-hydrogen) atoms. The fourth-order valence-corrected chi connectivity index (χ4v) is 11.7. The van der Waals surface area contributed by atoms with E-state index in [0.29, 0.717) is 0 Å². The molecule has 0 saturated heterocycles. The molecule has 0 unspecified atom stereocenters. The van der Waals surface area contributed by atoms with E-state index in [1.54, 1.807) is 0 Å². The Hall–Kier alpha value is -8.20. The monoisotopic (exact) mass is 870 g/mol. The SMILES string of the molecule is CC1(C)c2ccccc2-c2ccc(N(c3ccc(-c4ccc(-n5c6ccccc6c6ccccc65)cc4)cc3)c3ccc4c(c3)C(C)(C)c3cccc(-c5ccc(-c6ccccc6)cc5)c3-4)cc21. The molecule has 0 spiro atoms. The third-order valence-electron chi connectivity index (χ3n) is 15.2. The first-order valence-corrected chi connectivity index (χ1v) is 23.9. The number of fused-ring (bicyclic) bond motifs is 9. The quantitative estimate of drug-likeness (QED) is 0.155. The summed E-state index contributed by atoms with van der Waals surface area (Å²) in [6.45, 7) is 9.53. The van der Waals surface area contributed by atoms with Crippen LogP contribution in [0.4, 0.5) is 17.1 Å². The summed E-state index contributed by atoms with van der Waals surface area (Å²) < 4.78 is 2.38. The van der Waals surface area contributed by atoms with Crippen molar-refractivity contribution in [3.8, 4) is 61.3 Å². The summed E-state index contributed by atoms with van der Waals surface area (Å²) in [5, 5.41) is 2.55. The molecule has 0 radical (unpaired) electrons. The number of hydrogen-bond donors (Lipinski definition) is 0. The van der Waals surface area contributed by atoms with E-state index in [1.807, 2.05) is 0 Å². The zero-order valence-electron chi connectivity index (χ0n) is 38.8. The third kappa shape index (κ3) is 6.10. The lowest BCUT2D eigenvalue weighted by Crippen LogP contribution is -2.18. The molecule has 0 N–H and O–H groups in total. The smallest absolute Gasteiger partial charge is 0.0541 e. The Balaban J connectivity index is 0.900. The molecule has 0 amide bonds. The average Bonchev–Trinajstić information content (AvgIpc) is 3.94. The molecule has 0 saturated carbocycles. The fourth-order valence-electron chi connectivity index (χ4n) is 11.7. The molecule has 1 aromatic heterocycles. The van der Waals surface area contributed by atoms with Gasteiger partial charge in [-0.05, 0) is 139 Å². The van der Waals surface area contributed by atoms with Gasteiger partial charge in [-0.2, -0.15) is 0 Å². The Morgan fingerprint density at radius 1 is 0.309 bits per heavy atom. The van der Waals surface area contributed by atoms with Crippen molar-refractivity contribution in [1.29, 1.82) is 0 Å². The van der Waals surface area contributed by atoms with Crippen LogP contribution in [0.3, 0.4) is 0 Å². The molecule has 11 aromatic rings. The normalized spacial score (nSPS) is 13.8. The van der Waals surface area contributed by atoms with E-state index in [-0.39, 0.29) is 10.8 Å². The molecule has 2 heteroatoms. The summed E-state index contributed by atoms with van der Waals surface area (Å²) in [5.41, 5.74) is 24.8. The molecular formula is C66H50N2. The minimum atomic E-state index is -0.205. The van der Waals surface area contributed by atoms with Crippen molar-refractivity contribution in [2.75, 3.05) is 4.90 Å². The zero-order chi connectivity index (χ0) is 45.7. The van der Waals surface area contributed by atoms with Crippen molar-refractivity contribution in [2.24, 2.45) is 0 Å². The maximum absolute atomic E-state index is 2.47. The van der Waals surface area contributed by atoms with Crippen LogP contribution in [0.1, 0.15) is 49.9 Å². The maximum Gasteiger partial charge on any atom is 0.0541 e. The molecule has 0 bridgehead atoms. The predicted octanol–water partition coefficient (Wildman–Crippen LogP) is 17.9. The van der Waals surface area contributed by atoms with Crippen LogP contribution in [-0.2, 0) is 10.8 Å². The summed E-state index contributed by atoms with van der Waals surface area (Å²) in [7, 11) is 0. The van der Waals surface area contributed by atoms with E-state index in [1.165, 1.54) is 99.7 Å². The molecule has 0 fully saturated rings. The summed E-state index contributed by atoms with van der Waals surface area (Å²) in [4.78, 5) is 2.47. The first kappa shape index (κ1) is 40.1. The van der Waals surface area contributed by atoms with E-state index in [9.17, 15) is 0 Å². The van der Waals surface area contributed by atoms with E-state index in [0.717, 1.165) is 22.7 Å². The fraction of sp³-hybridized carbons (Fsp3) is 0.0909. The Kier molecular flexibility index (Phi) is 8.95. The molecular weight excluding hydrogens is 821 g/mol. The standard InChI is InChI=1S/C66H50N2/c1-65(2)58-21-11-8-17-53(58)54-39-37-50(41-60(54)65)67(48-33-29-45(30-34-48)46-31-35-49(36-32-46)68-62-23-12-9-18-55(62)56-19-10-13-24-63(56)68)51-38-40-57-61(42-51)66(3,4)59-22-14-20-52(64(57)59)47-27-25-44(26-28-47)43-15-6-5-7-16-43/h5-42H,1-4H3. The van der Waals surface area contributed by atoms with Crippen LogP contribution in [0.2, 0.25) is 0 Å². The van der Waals surface area contributed by atoms with Gasteiger partial charge in [0.05, 0.1) is 11.0 Å². The van der Waals surface area contributed by atoms with Crippen LogP contribution in [0.15, 0.2) is 231 Å². The molecule has 2 nitrogen and oxygen atoms in total. The number of para-hydroxylation sites is 2. The zero-order valence-corrected chi connectivity index (χ0v) is 38.8. The van der Waals surface area contributed by atoms with E-state index >= 15 is 0 Å². The van der Waals surface area contributed by atoms with E-state index < -0.39 is 0 Å². The second kappa shape index (κ2) is 15.2. The highest BCUT2D eigenvalue weighted by molar-refractivity contribution is 6.09. The van der Waals surface area contributed by atoms with Crippen molar-refractivity contribution in [1.82, 2.24) is 4.57 Å². The minimum Gasteiger partial charge on any atom is -0.310 e.